The lowest BCUT2D eigenvalue weighted by molar-refractivity contribution is -0.138. The molecule has 0 saturated heterocycles. The second-order valence-electron chi connectivity index (χ2n) is 10.7. The van der Waals surface area contributed by atoms with E-state index in [4.69, 9.17) is 30.8 Å². The first kappa shape index (κ1) is 34.4. The minimum absolute atomic E-state index is 0.175. The van der Waals surface area contributed by atoms with Crippen molar-refractivity contribution in [1.82, 2.24) is 4.57 Å². The molecule has 6 rings (SSSR count). The third kappa shape index (κ3) is 7.41. The molecule has 1 aromatic heterocycles. The second kappa shape index (κ2) is 15.4. The molecule has 4 aromatic carbocycles. The maximum atomic E-state index is 14.5. The number of aromatic nitrogens is 1. The van der Waals surface area contributed by atoms with Crippen LogP contribution >= 0.6 is 68.1 Å². The van der Waals surface area contributed by atoms with Crippen LogP contribution in [0, 0.1) is 7.14 Å². The molecule has 48 heavy (non-hydrogen) atoms. The van der Waals surface area contributed by atoms with Gasteiger partial charge in [0.15, 0.2) is 4.80 Å². The fourth-order valence-electron chi connectivity index (χ4n) is 5.43. The van der Waals surface area contributed by atoms with Gasteiger partial charge in [-0.15, -0.1) is 0 Å². The van der Waals surface area contributed by atoms with Crippen LogP contribution < -0.4 is 24.4 Å². The molecule has 0 unspecified atom stereocenters. The summed E-state index contributed by atoms with van der Waals surface area (Å²) < 4.78 is 21.6. The Morgan fingerprint density at radius 2 is 1.73 bits per heavy atom. The number of benzene rings is 4. The summed E-state index contributed by atoms with van der Waals surface area (Å²) in [6.07, 6.45) is 1.84. The summed E-state index contributed by atoms with van der Waals surface area (Å²) in [5.41, 5.74) is 3.64. The van der Waals surface area contributed by atoms with Gasteiger partial charge in [0.1, 0.15) is 18.1 Å². The molecule has 0 spiro atoms. The summed E-state index contributed by atoms with van der Waals surface area (Å²) in [5.74, 6) is 0.816. The average molecular weight is 903 g/mol. The summed E-state index contributed by atoms with van der Waals surface area (Å²) in [4.78, 5) is 33.7. The van der Waals surface area contributed by atoms with Gasteiger partial charge in [0, 0.05) is 19.7 Å². The highest BCUT2D eigenvalue weighted by atomic mass is 127. The quantitative estimate of drug-likeness (QED) is 0.106. The van der Waals surface area contributed by atoms with Crippen molar-refractivity contribution in [3.05, 3.63) is 151 Å². The van der Waals surface area contributed by atoms with Crippen molar-refractivity contribution in [2.45, 2.75) is 26.5 Å². The number of thiazole rings is 1. The predicted octanol–water partition coefficient (Wildman–Crippen LogP) is 7.78. The van der Waals surface area contributed by atoms with Crippen LogP contribution in [0.2, 0.25) is 5.02 Å². The van der Waals surface area contributed by atoms with Crippen molar-refractivity contribution in [2.75, 3.05) is 13.2 Å². The van der Waals surface area contributed by atoms with Crippen LogP contribution in [0.1, 0.15) is 42.1 Å². The van der Waals surface area contributed by atoms with Gasteiger partial charge in [-0.2, -0.15) is 0 Å². The van der Waals surface area contributed by atoms with Crippen LogP contribution in [0.3, 0.4) is 0 Å². The first-order valence-corrected chi connectivity index (χ1v) is 18.5. The van der Waals surface area contributed by atoms with Gasteiger partial charge >= 0.3 is 5.97 Å². The maximum Gasteiger partial charge on any atom is 0.338 e. The Bertz CT molecular complexity index is 2200. The largest absolute Gasteiger partial charge is 0.494 e. The molecule has 0 aliphatic carbocycles. The van der Waals surface area contributed by atoms with Gasteiger partial charge in [0.25, 0.3) is 5.56 Å². The van der Waals surface area contributed by atoms with E-state index in [0.717, 1.165) is 29.4 Å². The number of ether oxygens (including phenoxy) is 3. The molecule has 0 saturated carbocycles. The van der Waals surface area contributed by atoms with Crippen LogP contribution in [-0.2, 0) is 16.1 Å². The molecule has 1 aliphatic rings. The summed E-state index contributed by atoms with van der Waals surface area (Å²) in [7, 11) is 0. The molecule has 244 valence electrons. The number of hydrogen-bond donors (Lipinski definition) is 0. The van der Waals surface area contributed by atoms with E-state index in [1.807, 2.05) is 104 Å². The molecule has 11 heteroatoms. The number of rotatable bonds is 10. The first-order valence-electron chi connectivity index (χ1n) is 15.1. The molecule has 5 aromatic rings. The highest BCUT2D eigenvalue weighted by Gasteiger charge is 2.35. The lowest BCUT2D eigenvalue weighted by atomic mass is 9.93. The van der Waals surface area contributed by atoms with Crippen molar-refractivity contribution in [3.8, 4) is 11.5 Å². The minimum atomic E-state index is -0.789. The Kier molecular flexibility index (Phi) is 11.0. The van der Waals surface area contributed by atoms with Crippen LogP contribution in [0.5, 0.6) is 11.5 Å². The summed E-state index contributed by atoms with van der Waals surface area (Å²) >= 11 is 12.0. The zero-order chi connectivity index (χ0) is 33.8. The highest BCUT2D eigenvalue weighted by Crippen LogP contribution is 2.36. The normalized spacial score (nSPS) is 14.4. The van der Waals surface area contributed by atoms with Crippen LogP contribution in [0.15, 0.2) is 106 Å². The number of carbonyl (C=O) groups is 1. The SMILES string of the molecule is CCOC(=O)C1=C(c2ccccc2)N=c2s/c(=C\c3cc(I)cc(I)c3OCc3cccc(Cl)c3)c(=O)n2[C@H]1c1ccc(OCC)cc1. The molecular weight excluding hydrogens is 874 g/mol. The lowest BCUT2D eigenvalue weighted by Gasteiger charge is -2.26. The van der Waals surface area contributed by atoms with E-state index in [2.05, 4.69) is 45.2 Å². The summed E-state index contributed by atoms with van der Waals surface area (Å²) in [5, 5.41) is 0.633. The van der Waals surface area contributed by atoms with Crippen molar-refractivity contribution in [3.63, 3.8) is 0 Å². The molecule has 0 N–H and O–H groups in total. The van der Waals surface area contributed by atoms with Gasteiger partial charge in [0.05, 0.1) is 38.6 Å². The van der Waals surface area contributed by atoms with E-state index in [0.29, 0.717) is 50.3 Å². The van der Waals surface area contributed by atoms with Crippen molar-refractivity contribution in [2.24, 2.45) is 4.99 Å². The number of halogens is 3. The summed E-state index contributed by atoms with van der Waals surface area (Å²) in [6, 6.07) is 27.7. The van der Waals surface area contributed by atoms with Gasteiger partial charge in [0.2, 0.25) is 0 Å². The molecule has 7 nitrogen and oxygen atoms in total. The monoisotopic (exact) mass is 902 g/mol. The second-order valence-corrected chi connectivity index (χ2v) is 14.5. The van der Waals surface area contributed by atoms with Crippen LogP contribution in [0.25, 0.3) is 11.8 Å². The minimum Gasteiger partial charge on any atom is -0.494 e. The number of carbonyl (C=O) groups excluding carboxylic acids is 1. The van der Waals surface area contributed by atoms with E-state index in [1.165, 1.54) is 11.3 Å². The first-order chi connectivity index (χ1) is 23.3. The smallest absolute Gasteiger partial charge is 0.338 e. The molecule has 0 fully saturated rings. The van der Waals surface area contributed by atoms with Crippen molar-refractivity contribution >= 4 is 85.9 Å². The number of fused-ring (bicyclic) bond motifs is 1. The Labute approximate surface area is 313 Å². The number of hydrogen-bond acceptors (Lipinski definition) is 7. The Morgan fingerprint density at radius 3 is 2.44 bits per heavy atom. The van der Waals surface area contributed by atoms with Crippen molar-refractivity contribution < 1.29 is 19.0 Å². The third-order valence-electron chi connectivity index (χ3n) is 7.48. The molecule has 2 heterocycles. The fraction of sp³-hybridized carbons (Fsp3) is 0.162. The molecular formula is C37H29ClI2N2O5S. The van der Waals surface area contributed by atoms with E-state index in [1.54, 1.807) is 11.5 Å². The van der Waals surface area contributed by atoms with E-state index >= 15 is 0 Å². The molecule has 0 bridgehead atoms. The molecule has 1 aliphatic heterocycles. The number of nitrogens with zero attached hydrogens (tertiary/aromatic N) is 2. The van der Waals surface area contributed by atoms with Gasteiger partial charge in [-0.05, 0) is 113 Å². The van der Waals surface area contributed by atoms with Gasteiger partial charge in [-0.25, -0.2) is 9.79 Å². The van der Waals surface area contributed by atoms with Crippen molar-refractivity contribution in [1.29, 1.82) is 0 Å². The van der Waals surface area contributed by atoms with Crippen LogP contribution in [0.4, 0.5) is 0 Å². The Balaban J connectivity index is 1.55. The topological polar surface area (TPSA) is 79.1 Å². The zero-order valence-electron chi connectivity index (χ0n) is 25.9. The van der Waals surface area contributed by atoms with Crippen LogP contribution in [-0.4, -0.2) is 23.8 Å². The fourth-order valence-corrected chi connectivity index (χ4v) is 8.68. The van der Waals surface area contributed by atoms with Gasteiger partial charge in [-0.3, -0.25) is 9.36 Å². The molecule has 1 atom stereocenters. The maximum absolute atomic E-state index is 14.5. The van der Waals surface area contributed by atoms with Gasteiger partial charge < -0.3 is 14.2 Å². The Morgan fingerprint density at radius 1 is 0.958 bits per heavy atom. The average Bonchev–Trinajstić information content (AvgIpc) is 3.38. The highest BCUT2D eigenvalue weighted by molar-refractivity contribution is 14.1. The molecule has 0 radical (unpaired) electrons. The summed E-state index contributed by atoms with van der Waals surface area (Å²) in [6.45, 7) is 4.68. The third-order valence-corrected chi connectivity index (χ3v) is 10.1. The lowest BCUT2D eigenvalue weighted by Crippen LogP contribution is -2.40. The van der Waals surface area contributed by atoms with Gasteiger partial charge in [-0.1, -0.05) is 77.5 Å². The van der Waals surface area contributed by atoms with E-state index in [-0.39, 0.29) is 12.2 Å². The standard InChI is InChI=1S/C37H29ClI2N2O5S/c1-3-45-28-15-13-24(14-16-28)33-31(36(44)46-4-2)32(23-10-6-5-7-11-23)41-37-42(33)35(43)30(48-37)19-25-18-27(39)20-29(40)34(25)47-21-22-9-8-12-26(38)17-22/h5-20,33H,3-4,21H2,1-2H3/b30-19-/t33-/m0/s1. The van der Waals surface area contributed by atoms with E-state index < -0.39 is 12.0 Å². The zero-order valence-corrected chi connectivity index (χ0v) is 31.8. The molecule has 0 amide bonds. The predicted molar refractivity (Wildman–Crippen MR) is 206 cm³/mol. The Hall–Kier alpha value is -3.46. The van der Waals surface area contributed by atoms with E-state index in [9.17, 15) is 9.59 Å². The number of esters is 1.